The van der Waals surface area contributed by atoms with E-state index >= 15 is 0 Å². The summed E-state index contributed by atoms with van der Waals surface area (Å²) in [5.74, 6) is 0.943. The fraction of sp³-hybridized carbons (Fsp3) is 0.467. The Morgan fingerprint density at radius 3 is 2.95 bits per heavy atom. The second kappa shape index (κ2) is 5.21. The Kier molecular flexibility index (Phi) is 3.69. The Hall–Kier alpha value is -0.771. The van der Waals surface area contributed by atoms with E-state index in [1.807, 2.05) is 11.8 Å². The average Bonchev–Trinajstić information content (AvgIpc) is 2.88. The quantitative estimate of drug-likeness (QED) is 0.622. The molecule has 3 nitrogen and oxygen atoms in total. The van der Waals surface area contributed by atoms with Gasteiger partial charge in [0.15, 0.2) is 0 Å². The fourth-order valence-electron chi connectivity index (χ4n) is 2.25. The summed E-state index contributed by atoms with van der Waals surface area (Å²) < 4.78 is 11.7. The number of hydrogen-bond acceptors (Lipinski definition) is 4. The van der Waals surface area contributed by atoms with Gasteiger partial charge < -0.3 is 0 Å². The Balaban J connectivity index is 2.02. The number of rotatable bonds is 3. The molecule has 0 spiro atoms. The number of aromatic nitrogens is 2. The molecule has 1 aromatic heterocycles. The van der Waals surface area contributed by atoms with Crippen LogP contribution in [0.15, 0.2) is 23.1 Å². The first kappa shape index (κ1) is 14.2. The summed E-state index contributed by atoms with van der Waals surface area (Å²) >= 11 is 1.98. The minimum absolute atomic E-state index is 0.0840. The van der Waals surface area contributed by atoms with E-state index in [-0.39, 0.29) is 20.3 Å². The van der Waals surface area contributed by atoms with Crippen molar-refractivity contribution in [3.63, 3.8) is 0 Å². The summed E-state index contributed by atoms with van der Waals surface area (Å²) in [6.07, 6.45) is 1.17. The van der Waals surface area contributed by atoms with Gasteiger partial charge in [0.2, 0.25) is 0 Å². The van der Waals surface area contributed by atoms with Crippen LogP contribution in [0.25, 0.3) is 11.3 Å². The van der Waals surface area contributed by atoms with E-state index in [4.69, 9.17) is 4.74 Å². The molecule has 0 saturated carbocycles. The maximum absolute atomic E-state index is 6.21. The van der Waals surface area contributed by atoms with Crippen LogP contribution in [-0.4, -0.2) is 29.2 Å². The van der Waals surface area contributed by atoms with Crippen LogP contribution in [-0.2, 0) is 5.60 Å². The van der Waals surface area contributed by atoms with Crippen molar-refractivity contribution in [2.75, 3.05) is 0 Å². The van der Waals surface area contributed by atoms with E-state index in [9.17, 15) is 0 Å². The molecule has 1 unspecified atom stereocenters. The number of benzene rings is 1. The number of ether oxygens (including phenoxy) is 1. The van der Waals surface area contributed by atoms with Crippen molar-refractivity contribution in [1.82, 2.24) is 9.19 Å². The van der Waals surface area contributed by atoms with E-state index in [1.54, 1.807) is 0 Å². The molecule has 20 heavy (non-hydrogen) atoms. The summed E-state index contributed by atoms with van der Waals surface area (Å²) in [7, 11) is 0. The summed E-state index contributed by atoms with van der Waals surface area (Å²) in [4.78, 5) is 1.26. The normalized spacial score (nSPS) is 17.0. The zero-order valence-corrected chi connectivity index (χ0v) is 14.7. The van der Waals surface area contributed by atoms with Gasteiger partial charge in [-0.3, -0.25) is 0 Å². The van der Waals surface area contributed by atoms with Crippen molar-refractivity contribution in [2.24, 2.45) is 0 Å². The van der Waals surface area contributed by atoms with Crippen LogP contribution in [0.3, 0.4) is 0 Å². The first-order valence-electron chi connectivity index (χ1n) is 6.84. The zero-order valence-electron chi connectivity index (χ0n) is 12.1. The second-order valence-corrected chi connectivity index (χ2v) is 8.65. The topological polar surface area (TPSA) is 35.0 Å². The van der Waals surface area contributed by atoms with Crippen molar-refractivity contribution in [3.8, 4) is 17.0 Å². The van der Waals surface area contributed by atoms with Gasteiger partial charge in [-0.1, -0.05) is 0 Å². The first-order valence-corrected chi connectivity index (χ1v) is 9.34. The standard InChI is InChI=1S/C15H18N2OSSe/c1-5-9(2)19-10-6-7-11-12(8-10)18-15(3,4)14-13(11)16-17-20-14/h6-9H,5H2,1-4H3. The minimum atomic E-state index is -0.286. The van der Waals surface area contributed by atoms with E-state index in [1.165, 1.54) is 15.8 Å². The van der Waals surface area contributed by atoms with Gasteiger partial charge in [-0.05, 0) is 0 Å². The van der Waals surface area contributed by atoms with Crippen LogP contribution < -0.4 is 4.74 Å². The molecule has 3 rings (SSSR count). The number of fused-ring (bicyclic) bond motifs is 3. The number of nitrogens with zero attached hydrogens (tertiary/aromatic N) is 2. The van der Waals surface area contributed by atoms with Crippen LogP contribution >= 0.6 is 11.8 Å². The molecule has 2 heterocycles. The van der Waals surface area contributed by atoms with Crippen LogP contribution in [0.4, 0.5) is 0 Å². The van der Waals surface area contributed by atoms with E-state index in [0.717, 1.165) is 17.0 Å². The molecule has 1 aliphatic heterocycles. The van der Waals surface area contributed by atoms with Gasteiger partial charge in [-0.2, -0.15) is 0 Å². The van der Waals surface area contributed by atoms with Crippen molar-refractivity contribution in [1.29, 1.82) is 0 Å². The Labute approximate surface area is 130 Å². The van der Waals surface area contributed by atoms with Gasteiger partial charge in [0.1, 0.15) is 0 Å². The second-order valence-electron chi connectivity index (χ2n) is 5.56. The third-order valence-corrected chi connectivity index (χ3v) is 6.94. The molecule has 0 N–H and O–H groups in total. The Bertz CT molecular complexity index is 639. The monoisotopic (exact) mass is 354 g/mol. The van der Waals surface area contributed by atoms with Crippen molar-refractivity contribution in [2.45, 2.75) is 49.9 Å². The van der Waals surface area contributed by atoms with Crippen molar-refractivity contribution >= 4 is 26.5 Å². The molecule has 0 amide bonds. The molecule has 1 aromatic carbocycles. The third-order valence-electron chi connectivity index (χ3n) is 3.52. The van der Waals surface area contributed by atoms with Gasteiger partial charge in [0, 0.05) is 0 Å². The van der Waals surface area contributed by atoms with E-state index < -0.39 is 0 Å². The van der Waals surface area contributed by atoms with Gasteiger partial charge in [0.05, 0.1) is 0 Å². The Morgan fingerprint density at radius 2 is 2.20 bits per heavy atom. The van der Waals surface area contributed by atoms with Gasteiger partial charge >= 0.3 is 130 Å². The zero-order chi connectivity index (χ0) is 14.3. The molecule has 0 aliphatic carbocycles. The molecule has 0 radical (unpaired) electrons. The van der Waals surface area contributed by atoms with Gasteiger partial charge in [-0.25, -0.2) is 0 Å². The third kappa shape index (κ3) is 2.43. The predicted molar refractivity (Wildman–Crippen MR) is 83.7 cm³/mol. The molecule has 0 bridgehead atoms. The molecular formula is C15H18N2OSSe. The van der Waals surface area contributed by atoms with Crippen molar-refractivity contribution < 1.29 is 4.74 Å². The molecular weight excluding hydrogens is 335 g/mol. The molecule has 2 aromatic rings. The molecule has 0 fully saturated rings. The molecule has 1 aliphatic rings. The predicted octanol–water partition coefficient (Wildman–Crippen LogP) is 3.72. The number of hydrogen-bond donors (Lipinski definition) is 0. The molecule has 5 heteroatoms. The SMILES string of the molecule is CCC(C)Sc1ccc2c(c1)OC(C)(C)c1[se]nnc1-2. The molecule has 106 valence electrons. The summed E-state index contributed by atoms with van der Waals surface area (Å²) in [5, 5.41) is 4.97. The molecule has 1 atom stereocenters. The summed E-state index contributed by atoms with van der Waals surface area (Å²) in [6, 6.07) is 6.45. The van der Waals surface area contributed by atoms with Crippen LogP contribution in [0, 0.1) is 0 Å². The van der Waals surface area contributed by atoms with Crippen LogP contribution in [0.1, 0.15) is 38.6 Å². The van der Waals surface area contributed by atoms with Crippen molar-refractivity contribution in [3.05, 3.63) is 22.6 Å². The van der Waals surface area contributed by atoms with E-state index in [2.05, 4.69) is 55.1 Å². The fourth-order valence-corrected chi connectivity index (χ4v) is 4.68. The van der Waals surface area contributed by atoms with Gasteiger partial charge in [-0.15, -0.1) is 0 Å². The summed E-state index contributed by atoms with van der Waals surface area (Å²) in [6.45, 7) is 8.69. The van der Waals surface area contributed by atoms with Gasteiger partial charge in [0.25, 0.3) is 0 Å². The Morgan fingerprint density at radius 1 is 1.40 bits per heavy atom. The average molecular weight is 353 g/mol. The first-order chi connectivity index (χ1) is 9.51. The van der Waals surface area contributed by atoms with Crippen LogP contribution in [0.2, 0.25) is 0 Å². The van der Waals surface area contributed by atoms with Crippen LogP contribution in [0.5, 0.6) is 5.75 Å². The summed E-state index contributed by atoms with van der Waals surface area (Å²) in [5.41, 5.74) is 1.85. The van der Waals surface area contributed by atoms with E-state index in [0.29, 0.717) is 5.25 Å². The molecule has 0 saturated heterocycles. The number of thioether (sulfide) groups is 1. The maximum atomic E-state index is 6.21.